The molecule has 7 nitrogen and oxygen atoms in total. The molecule has 0 atom stereocenters. The Bertz CT molecular complexity index is 1300. The van der Waals surface area contributed by atoms with Crippen molar-refractivity contribution in [2.45, 2.75) is 13.3 Å². The number of carbonyl (C=O) groups excluding carboxylic acids is 1. The van der Waals surface area contributed by atoms with Gasteiger partial charge in [-0.05, 0) is 42.3 Å². The second-order valence-corrected chi connectivity index (χ2v) is 7.31. The number of halogens is 1. The number of nitrogens with zero attached hydrogens (tertiary/aromatic N) is 5. The highest BCUT2D eigenvalue weighted by Crippen LogP contribution is 2.25. The van der Waals surface area contributed by atoms with E-state index in [1.165, 1.54) is 28.3 Å². The van der Waals surface area contributed by atoms with E-state index >= 15 is 0 Å². The van der Waals surface area contributed by atoms with Crippen molar-refractivity contribution < 1.29 is 9.18 Å². The fourth-order valence-corrected chi connectivity index (χ4v) is 3.49. The second-order valence-electron chi connectivity index (χ2n) is 6.45. The molecular formula is C22H17FN6OS. The number of amides is 1. The number of rotatable bonds is 4. The lowest BCUT2D eigenvalue weighted by atomic mass is 10.1. The monoisotopic (exact) mass is 432 g/mol. The van der Waals surface area contributed by atoms with Crippen LogP contribution >= 0.6 is 11.3 Å². The molecule has 0 aliphatic carbocycles. The molecule has 154 valence electrons. The van der Waals surface area contributed by atoms with Crippen LogP contribution in [0.15, 0.2) is 47.8 Å². The Balaban J connectivity index is 1.56. The minimum atomic E-state index is -0.455. The van der Waals surface area contributed by atoms with E-state index in [0.29, 0.717) is 33.5 Å². The molecule has 0 fully saturated rings. The zero-order valence-electron chi connectivity index (χ0n) is 16.8. The van der Waals surface area contributed by atoms with Gasteiger partial charge >= 0.3 is 0 Å². The van der Waals surface area contributed by atoms with Crippen LogP contribution in [0.25, 0.3) is 22.6 Å². The Labute approximate surface area is 182 Å². The second kappa shape index (κ2) is 8.85. The van der Waals surface area contributed by atoms with E-state index in [0.717, 1.165) is 6.42 Å². The van der Waals surface area contributed by atoms with Gasteiger partial charge in [0.15, 0.2) is 10.8 Å². The predicted octanol–water partition coefficient (Wildman–Crippen LogP) is 4.15. The zero-order chi connectivity index (χ0) is 21.8. The fraction of sp³-hybridized carbons (Fsp3) is 0.136. The van der Waals surface area contributed by atoms with Gasteiger partial charge in [0.05, 0.1) is 5.69 Å². The molecule has 0 aliphatic heterocycles. The van der Waals surface area contributed by atoms with E-state index < -0.39 is 5.91 Å². The van der Waals surface area contributed by atoms with Crippen LogP contribution < -0.4 is 5.32 Å². The molecule has 0 radical (unpaired) electrons. The molecule has 1 amide bonds. The summed E-state index contributed by atoms with van der Waals surface area (Å²) in [4.78, 5) is 23.1. The van der Waals surface area contributed by atoms with Gasteiger partial charge in [-0.15, -0.1) is 16.4 Å². The smallest absolute Gasteiger partial charge is 0.280 e. The van der Waals surface area contributed by atoms with Crippen molar-refractivity contribution in [2.24, 2.45) is 7.05 Å². The topological polar surface area (TPSA) is 85.6 Å². The van der Waals surface area contributed by atoms with Crippen LogP contribution in [0.4, 0.5) is 9.52 Å². The predicted molar refractivity (Wildman–Crippen MR) is 117 cm³/mol. The number of hydrogen-bond acceptors (Lipinski definition) is 6. The highest BCUT2D eigenvalue weighted by atomic mass is 32.1. The van der Waals surface area contributed by atoms with Gasteiger partial charge in [0.2, 0.25) is 0 Å². The largest absolute Gasteiger partial charge is 0.296 e. The molecule has 1 aromatic carbocycles. The number of thiazole rings is 1. The number of aromatic nitrogens is 5. The lowest BCUT2D eigenvalue weighted by Crippen LogP contribution is -2.14. The summed E-state index contributed by atoms with van der Waals surface area (Å²) < 4.78 is 13.2. The average Bonchev–Trinajstić information content (AvgIpc) is 3.40. The molecule has 0 aliphatic rings. The van der Waals surface area contributed by atoms with Crippen LogP contribution in [0.5, 0.6) is 0 Å². The number of pyridine rings is 1. The molecule has 1 N–H and O–H groups in total. The third-order valence-electron chi connectivity index (χ3n) is 4.18. The minimum absolute atomic E-state index is 0.126. The first-order chi connectivity index (χ1) is 15.0. The first-order valence-electron chi connectivity index (χ1n) is 9.44. The Kier molecular flexibility index (Phi) is 5.82. The van der Waals surface area contributed by atoms with Crippen LogP contribution in [0, 0.1) is 17.7 Å². The van der Waals surface area contributed by atoms with E-state index in [-0.39, 0.29) is 11.5 Å². The number of nitrogens with one attached hydrogen (secondary N) is 1. The van der Waals surface area contributed by atoms with E-state index in [1.54, 1.807) is 19.2 Å². The van der Waals surface area contributed by atoms with Crippen LogP contribution in [0.2, 0.25) is 0 Å². The maximum atomic E-state index is 13.2. The Morgan fingerprint density at radius 3 is 2.71 bits per heavy atom. The highest BCUT2D eigenvalue weighted by molar-refractivity contribution is 7.14. The van der Waals surface area contributed by atoms with Crippen LogP contribution in [-0.4, -0.2) is 30.9 Å². The zero-order valence-corrected chi connectivity index (χ0v) is 17.6. The number of aryl methyl sites for hydroxylation is 1. The summed E-state index contributed by atoms with van der Waals surface area (Å²) in [5.74, 6) is 5.17. The summed E-state index contributed by atoms with van der Waals surface area (Å²) in [6.45, 7) is 1.98. The molecule has 3 heterocycles. The van der Waals surface area contributed by atoms with Crippen molar-refractivity contribution in [3.8, 4) is 34.5 Å². The van der Waals surface area contributed by atoms with Crippen molar-refractivity contribution in [3.05, 3.63) is 65.0 Å². The standard InChI is InChI=1S/C22H17FN6OS/c1-3-4-6-16-7-5-8-17(24-16)18-13-31-22(25-18)26-21(30)20-19(27-29(2)28-20)14-9-11-15(23)12-10-14/h5,7-13H,3H2,1-2H3,(H,25,26,30). The first-order valence-corrected chi connectivity index (χ1v) is 10.3. The maximum absolute atomic E-state index is 13.2. The van der Waals surface area contributed by atoms with Gasteiger partial charge in [0.25, 0.3) is 5.91 Å². The van der Waals surface area contributed by atoms with Gasteiger partial charge in [-0.1, -0.05) is 18.9 Å². The van der Waals surface area contributed by atoms with Gasteiger partial charge in [-0.3, -0.25) is 10.1 Å². The summed E-state index contributed by atoms with van der Waals surface area (Å²) in [6.07, 6.45) is 0.751. The summed E-state index contributed by atoms with van der Waals surface area (Å²) >= 11 is 1.28. The Hall–Kier alpha value is -3.90. The normalized spacial score (nSPS) is 10.4. The van der Waals surface area contributed by atoms with Gasteiger partial charge in [0.1, 0.15) is 22.9 Å². The summed E-state index contributed by atoms with van der Waals surface area (Å²) in [6, 6.07) is 11.3. The van der Waals surface area contributed by atoms with Crippen molar-refractivity contribution in [1.82, 2.24) is 25.0 Å². The van der Waals surface area contributed by atoms with Crippen LogP contribution in [-0.2, 0) is 7.05 Å². The quantitative estimate of drug-likeness (QED) is 0.490. The van der Waals surface area contributed by atoms with E-state index in [2.05, 4.69) is 37.3 Å². The van der Waals surface area contributed by atoms with Gasteiger partial charge < -0.3 is 0 Å². The summed E-state index contributed by atoms with van der Waals surface area (Å²) in [5, 5.41) is 13.4. The molecule has 31 heavy (non-hydrogen) atoms. The third kappa shape index (κ3) is 4.65. The number of anilines is 1. The molecule has 9 heteroatoms. The molecular weight excluding hydrogens is 415 g/mol. The minimum Gasteiger partial charge on any atom is -0.296 e. The molecule has 0 unspecified atom stereocenters. The van der Waals surface area contributed by atoms with Crippen molar-refractivity contribution in [3.63, 3.8) is 0 Å². The van der Waals surface area contributed by atoms with E-state index in [9.17, 15) is 9.18 Å². The maximum Gasteiger partial charge on any atom is 0.280 e. The van der Waals surface area contributed by atoms with Gasteiger partial charge in [0, 0.05) is 24.4 Å². The molecule has 0 spiro atoms. The number of carbonyl (C=O) groups is 1. The molecule has 0 saturated carbocycles. The van der Waals surface area contributed by atoms with Crippen molar-refractivity contribution >= 4 is 22.4 Å². The summed E-state index contributed by atoms with van der Waals surface area (Å²) in [5.41, 5.74) is 3.06. The molecule has 4 rings (SSSR count). The average molecular weight is 432 g/mol. The third-order valence-corrected chi connectivity index (χ3v) is 4.93. The molecule has 4 aromatic rings. The van der Waals surface area contributed by atoms with Crippen LogP contribution in [0.3, 0.4) is 0 Å². The highest BCUT2D eigenvalue weighted by Gasteiger charge is 2.20. The SMILES string of the molecule is CCC#Cc1cccc(-c2csc(NC(=O)c3nn(C)nc3-c3ccc(F)cc3)n2)n1. The fourth-order valence-electron chi connectivity index (χ4n) is 2.79. The van der Waals surface area contributed by atoms with Crippen molar-refractivity contribution in [2.75, 3.05) is 5.32 Å². The lowest BCUT2D eigenvalue weighted by molar-refractivity contribution is 0.102. The Morgan fingerprint density at radius 2 is 1.94 bits per heavy atom. The number of hydrogen-bond donors (Lipinski definition) is 1. The molecule has 0 bridgehead atoms. The molecule has 0 saturated heterocycles. The lowest BCUT2D eigenvalue weighted by Gasteiger charge is -2.01. The first kappa shape index (κ1) is 20.4. The van der Waals surface area contributed by atoms with Crippen molar-refractivity contribution in [1.29, 1.82) is 0 Å². The van der Waals surface area contributed by atoms with Gasteiger partial charge in [-0.25, -0.2) is 14.4 Å². The number of benzene rings is 1. The summed E-state index contributed by atoms with van der Waals surface area (Å²) in [7, 11) is 1.62. The van der Waals surface area contributed by atoms with E-state index in [4.69, 9.17) is 0 Å². The van der Waals surface area contributed by atoms with Gasteiger partial charge in [-0.2, -0.15) is 9.90 Å². The molecule has 3 aromatic heterocycles. The Morgan fingerprint density at radius 1 is 1.13 bits per heavy atom. The van der Waals surface area contributed by atoms with E-state index in [1.807, 2.05) is 30.5 Å². The van der Waals surface area contributed by atoms with Crippen LogP contribution in [0.1, 0.15) is 29.5 Å².